The Kier molecular flexibility index (Phi) is 3.50. The zero-order chi connectivity index (χ0) is 14.8. The van der Waals surface area contributed by atoms with Gasteiger partial charge in [-0.15, -0.1) is 0 Å². The smallest absolute Gasteiger partial charge is 0.236 e. The molecule has 0 radical (unpaired) electrons. The van der Waals surface area contributed by atoms with Gasteiger partial charge in [-0.2, -0.15) is 0 Å². The van der Waals surface area contributed by atoms with Gasteiger partial charge >= 0.3 is 0 Å². The Morgan fingerprint density at radius 2 is 1.81 bits per heavy atom. The first kappa shape index (κ1) is 13.5. The largest absolute Gasteiger partial charge is 0.594 e. The number of aromatic nitrogens is 3. The number of halogens is 2. The predicted octanol–water partition coefficient (Wildman–Crippen LogP) is 3.24. The monoisotopic (exact) mass is 301 g/mol. The SMILES string of the molecule is [O-][n+]1cc(-c2cccc(Cl)c2)nc(-c2ccc(F)cc2)n1. The van der Waals surface area contributed by atoms with Crippen LogP contribution in [0.5, 0.6) is 0 Å². The molecule has 0 bridgehead atoms. The first-order valence-corrected chi connectivity index (χ1v) is 6.50. The van der Waals surface area contributed by atoms with Gasteiger partial charge in [0.15, 0.2) is 0 Å². The van der Waals surface area contributed by atoms with Crippen molar-refractivity contribution in [3.05, 3.63) is 70.8 Å². The zero-order valence-electron chi connectivity index (χ0n) is 10.7. The highest BCUT2D eigenvalue weighted by Crippen LogP contribution is 2.22. The molecule has 2 aromatic carbocycles. The summed E-state index contributed by atoms with van der Waals surface area (Å²) in [7, 11) is 0. The Morgan fingerprint density at radius 3 is 2.52 bits per heavy atom. The summed E-state index contributed by atoms with van der Waals surface area (Å²) in [4.78, 5) is 4.76. The van der Waals surface area contributed by atoms with Crippen LogP contribution in [0.4, 0.5) is 4.39 Å². The van der Waals surface area contributed by atoms with Crippen LogP contribution in [0.25, 0.3) is 22.6 Å². The van der Waals surface area contributed by atoms with Gasteiger partial charge in [0, 0.05) is 21.2 Å². The van der Waals surface area contributed by atoms with Crippen molar-refractivity contribution in [2.24, 2.45) is 0 Å². The quantitative estimate of drug-likeness (QED) is 0.539. The van der Waals surface area contributed by atoms with E-state index in [0.29, 0.717) is 26.7 Å². The predicted molar refractivity (Wildman–Crippen MR) is 76.8 cm³/mol. The molecule has 104 valence electrons. The molecule has 21 heavy (non-hydrogen) atoms. The Bertz CT molecular complexity index is 793. The fraction of sp³-hybridized carbons (Fsp3) is 0. The van der Waals surface area contributed by atoms with Gasteiger partial charge < -0.3 is 5.21 Å². The van der Waals surface area contributed by atoms with Gasteiger partial charge in [0.05, 0.1) is 0 Å². The fourth-order valence-electron chi connectivity index (χ4n) is 1.90. The van der Waals surface area contributed by atoms with Crippen molar-refractivity contribution in [3.63, 3.8) is 0 Å². The van der Waals surface area contributed by atoms with Gasteiger partial charge in [-0.1, -0.05) is 28.6 Å². The van der Waals surface area contributed by atoms with Crippen molar-refractivity contribution in [2.75, 3.05) is 0 Å². The van der Waals surface area contributed by atoms with Crippen LogP contribution in [-0.4, -0.2) is 10.1 Å². The standard InChI is InChI=1S/C15H9ClFN3O/c16-12-3-1-2-11(8-12)14-9-20(21)19-15(18-14)10-4-6-13(17)7-5-10/h1-9H. The van der Waals surface area contributed by atoms with E-state index in [0.717, 1.165) is 0 Å². The van der Waals surface area contributed by atoms with E-state index in [4.69, 9.17) is 11.6 Å². The van der Waals surface area contributed by atoms with Crippen LogP contribution >= 0.6 is 11.6 Å². The summed E-state index contributed by atoms with van der Waals surface area (Å²) < 4.78 is 12.9. The van der Waals surface area contributed by atoms with Crippen molar-refractivity contribution in [2.45, 2.75) is 0 Å². The minimum Gasteiger partial charge on any atom is -0.594 e. The Morgan fingerprint density at radius 1 is 1.05 bits per heavy atom. The lowest BCUT2D eigenvalue weighted by molar-refractivity contribution is -0.668. The topological polar surface area (TPSA) is 52.7 Å². The maximum Gasteiger partial charge on any atom is 0.236 e. The summed E-state index contributed by atoms with van der Waals surface area (Å²) >= 11 is 5.94. The molecule has 0 spiro atoms. The molecule has 6 heteroatoms. The van der Waals surface area contributed by atoms with E-state index in [2.05, 4.69) is 10.1 Å². The number of hydrogen-bond acceptors (Lipinski definition) is 3. The van der Waals surface area contributed by atoms with Crippen LogP contribution < -0.4 is 4.85 Å². The molecule has 4 nitrogen and oxygen atoms in total. The molecular weight excluding hydrogens is 293 g/mol. The highest BCUT2D eigenvalue weighted by Gasteiger charge is 2.12. The molecule has 0 aliphatic heterocycles. The number of nitrogens with zero attached hydrogens (tertiary/aromatic N) is 3. The summed E-state index contributed by atoms with van der Waals surface area (Å²) in [5, 5.41) is 16.0. The molecular formula is C15H9ClFN3O. The Labute approximate surface area is 125 Å². The van der Waals surface area contributed by atoms with Crippen molar-refractivity contribution in [1.82, 2.24) is 10.1 Å². The lowest BCUT2D eigenvalue weighted by atomic mass is 10.1. The van der Waals surface area contributed by atoms with Crippen LogP contribution in [0.15, 0.2) is 54.7 Å². The normalized spacial score (nSPS) is 10.6. The summed E-state index contributed by atoms with van der Waals surface area (Å²) in [6, 6.07) is 12.6. The van der Waals surface area contributed by atoms with Gasteiger partial charge in [-0.05, 0) is 36.4 Å². The maximum absolute atomic E-state index is 12.9. The molecule has 3 rings (SSSR count). The average molecular weight is 302 g/mol. The van der Waals surface area contributed by atoms with E-state index in [1.165, 1.54) is 30.5 Å². The van der Waals surface area contributed by atoms with Gasteiger partial charge in [0.25, 0.3) is 0 Å². The van der Waals surface area contributed by atoms with Gasteiger partial charge in [-0.3, -0.25) is 0 Å². The van der Waals surface area contributed by atoms with Crippen LogP contribution in [0.2, 0.25) is 5.02 Å². The first-order valence-electron chi connectivity index (χ1n) is 6.12. The van der Waals surface area contributed by atoms with E-state index in [-0.39, 0.29) is 11.6 Å². The molecule has 3 aromatic rings. The van der Waals surface area contributed by atoms with Crippen molar-refractivity contribution in [3.8, 4) is 22.6 Å². The third-order valence-electron chi connectivity index (χ3n) is 2.88. The number of rotatable bonds is 2. The molecule has 0 aliphatic carbocycles. The molecule has 0 saturated carbocycles. The molecule has 0 atom stereocenters. The first-order chi connectivity index (χ1) is 10.1. The van der Waals surface area contributed by atoms with Gasteiger partial charge in [0.2, 0.25) is 12.0 Å². The van der Waals surface area contributed by atoms with Crippen molar-refractivity contribution >= 4 is 11.6 Å². The fourth-order valence-corrected chi connectivity index (χ4v) is 2.09. The van der Waals surface area contributed by atoms with Crippen molar-refractivity contribution < 1.29 is 9.24 Å². The molecule has 0 unspecified atom stereocenters. The van der Waals surface area contributed by atoms with E-state index in [9.17, 15) is 9.60 Å². The molecule has 0 amide bonds. The second kappa shape index (κ2) is 5.46. The zero-order valence-corrected chi connectivity index (χ0v) is 11.5. The van der Waals surface area contributed by atoms with E-state index in [1.807, 2.05) is 0 Å². The number of hydrogen-bond donors (Lipinski definition) is 0. The molecule has 0 fully saturated rings. The maximum atomic E-state index is 12.9. The van der Waals surface area contributed by atoms with Crippen LogP contribution in [0.3, 0.4) is 0 Å². The summed E-state index contributed by atoms with van der Waals surface area (Å²) in [6.45, 7) is 0. The van der Waals surface area contributed by atoms with Crippen LogP contribution in [0, 0.1) is 11.0 Å². The summed E-state index contributed by atoms with van der Waals surface area (Å²) in [5.41, 5.74) is 1.71. The van der Waals surface area contributed by atoms with E-state index < -0.39 is 0 Å². The third-order valence-corrected chi connectivity index (χ3v) is 3.11. The molecule has 0 aliphatic rings. The Hall–Kier alpha value is -2.53. The van der Waals surface area contributed by atoms with Gasteiger partial charge in [0.1, 0.15) is 11.5 Å². The summed E-state index contributed by atoms with van der Waals surface area (Å²) in [6.07, 6.45) is 1.26. The summed E-state index contributed by atoms with van der Waals surface area (Å²) in [5.74, 6) is -0.137. The minimum absolute atomic E-state index is 0.225. The van der Waals surface area contributed by atoms with Crippen molar-refractivity contribution in [1.29, 1.82) is 0 Å². The van der Waals surface area contributed by atoms with E-state index >= 15 is 0 Å². The second-order valence-electron chi connectivity index (χ2n) is 4.37. The van der Waals surface area contributed by atoms with E-state index in [1.54, 1.807) is 24.3 Å². The minimum atomic E-state index is -0.361. The Balaban J connectivity index is 2.10. The lowest BCUT2D eigenvalue weighted by Gasteiger charge is -2.04. The lowest BCUT2D eigenvalue weighted by Crippen LogP contribution is -2.31. The third kappa shape index (κ3) is 2.98. The second-order valence-corrected chi connectivity index (χ2v) is 4.81. The number of benzene rings is 2. The van der Waals surface area contributed by atoms with Gasteiger partial charge in [-0.25, -0.2) is 9.37 Å². The van der Waals surface area contributed by atoms with Crippen LogP contribution in [-0.2, 0) is 0 Å². The molecule has 1 heterocycles. The average Bonchev–Trinajstić information content (AvgIpc) is 2.47. The molecule has 0 N–H and O–H groups in total. The molecule has 0 saturated heterocycles. The van der Waals surface area contributed by atoms with Crippen LogP contribution in [0.1, 0.15) is 0 Å². The molecule has 1 aromatic heterocycles. The highest BCUT2D eigenvalue weighted by molar-refractivity contribution is 6.30. The highest BCUT2D eigenvalue weighted by atomic mass is 35.5.